The van der Waals surface area contributed by atoms with Gasteiger partial charge >= 0.3 is 11.9 Å². The highest BCUT2D eigenvalue weighted by molar-refractivity contribution is 7.99. The molecule has 0 spiro atoms. The van der Waals surface area contributed by atoms with Crippen molar-refractivity contribution in [3.63, 3.8) is 0 Å². The maximum Gasteiger partial charge on any atom is 0.337 e. The molecular weight excluding hydrogens is 384 g/mol. The fraction of sp³-hybridized carbons (Fsp3) is 0.167. The first-order valence-corrected chi connectivity index (χ1v) is 9.04. The second-order valence-electron chi connectivity index (χ2n) is 5.53. The zero-order valence-corrected chi connectivity index (χ0v) is 15.9. The lowest BCUT2D eigenvalue weighted by atomic mass is 10.1. The Hall–Kier alpha value is -3.40. The third kappa shape index (κ3) is 4.29. The molecule has 3 rings (SSSR count). The van der Waals surface area contributed by atoms with Gasteiger partial charge in [0.25, 0.3) is 0 Å². The van der Waals surface area contributed by atoms with E-state index in [1.807, 2.05) is 18.2 Å². The van der Waals surface area contributed by atoms with Crippen molar-refractivity contribution in [2.45, 2.75) is 5.16 Å². The Bertz CT molecular complexity index is 1020. The maximum atomic E-state index is 12.3. The maximum absolute atomic E-state index is 12.3. The lowest BCUT2D eigenvalue weighted by molar-refractivity contribution is -0.113. The number of thioether (sulfide) groups is 1. The Labute approximate surface area is 164 Å². The summed E-state index contributed by atoms with van der Waals surface area (Å²) >= 11 is 1.21. The molecule has 0 saturated carbocycles. The molecular formula is C18H16N4O5S. The molecule has 0 fully saturated rings. The van der Waals surface area contributed by atoms with Crippen molar-refractivity contribution in [1.82, 2.24) is 14.6 Å². The molecule has 9 nitrogen and oxygen atoms in total. The number of esters is 2. The smallest absolute Gasteiger partial charge is 0.337 e. The molecule has 0 unspecified atom stereocenters. The molecule has 3 aromatic rings. The van der Waals surface area contributed by atoms with Crippen LogP contribution in [-0.2, 0) is 14.3 Å². The second-order valence-corrected chi connectivity index (χ2v) is 6.47. The molecule has 0 aliphatic heterocycles. The van der Waals surface area contributed by atoms with Gasteiger partial charge in [0, 0.05) is 11.9 Å². The van der Waals surface area contributed by atoms with E-state index in [0.29, 0.717) is 10.8 Å². The summed E-state index contributed by atoms with van der Waals surface area (Å²) in [5, 5.41) is 11.3. The molecule has 2 aromatic heterocycles. The fourth-order valence-electron chi connectivity index (χ4n) is 2.42. The number of benzene rings is 1. The first kappa shape index (κ1) is 19.4. The normalized spacial score (nSPS) is 10.5. The van der Waals surface area contributed by atoms with Crippen LogP contribution in [0.5, 0.6) is 0 Å². The molecule has 0 aliphatic carbocycles. The number of pyridine rings is 1. The summed E-state index contributed by atoms with van der Waals surface area (Å²) in [6.45, 7) is 0. The number of fused-ring (bicyclic) bond motifs is 1. The number of carbonyl (C=O) groups is 3. The molecule has 0 radical (unpaired) electrons. The number of amides is 1. The highest BCUT2D eigenvalue weighted by Crippen LogP contribution is 2.19. The molecule has 0 atom stereocenters. The molecule has 144 valence electrons. The molecule has 1 aromatic carbocycles. The lowest BCUT2D eigenvalue weighted by Gasteiger charge is -2.09. The molecule has 1 N–H and O–H groups in total. The second kappa shape index (κ2) is 8.53. The van der Waals surface area contributed by atoms with Gasteiger partial charge in [-0.05, 0) is 30.3 Å². The Morgan fingerprint density at radius 3 is 2.36 bits per heavy atom. The Kier molecular flexibility index (Phi) is 5.90. The predicted octanol–water partition coefficient (Wildman–Crippen LogP) is 2.03. The number of anilines is 1. The van der Waals surface area contributed by atoms with Gasteiger partial charge in [-0.25, -0.2) is 9.59 Å². The third-order valence-corrected chi connectivity index (χ3v) is 4.62. The minimum absolute atomic E-state index is 0.0612. The topological polar surface area (TPSA) is 112 Å². The summed E-state index contributed by atoms with van der Waals surface area (Å²) in [5.74, 6) is -1.54. The van der Waals surface area contributed by atoms with E-state index in [-0.39, 0.29) is 28.5 Å². The van der Waals surface area contributed by atoms with Crippen LogP contribution in [0, 0.1) is 0 Å². The zero-order chi connectivity index (χ0) is 20.1. The minimum atomic E-state index is -0.634. The number of nitrogens with one attached hydrogen (secondary N) is 1. The van der Waals surface area contributed by atoms with Crippen LogP contribution < -0.4 is 5.32 Å². The van der Waals surface area contributed by atoms with Gasteiger partial charge in [-0.1, -0.05) is 17.8 Å². The van der Waals surface area contributed by atoms with Crippen molar-refractivity contribution in [2.75, 3.05) is 25.3 Å². The van der Waals surface area contributed by atoms with Crippen LogP contribution in [0.25, 0.3) is 5.65 Å². The summed E-state index contributed by atoms with van der Waals surface area (Å²) in [5.41, 5.74) is 1.20. The van der Waals surface area contributed by atoms with Crippen molar-refractivity contribution in [1.29, 1.82) is 0 Å². The summed E-state index contributed by atoms with van der Waals surface area (Å²) < 4.78 is 11.1. The van der Waals surface area contributed by atoms with Crippen LogP contribution >= 0.6 is 11.8 Å². The monoisotopic (exact) mass is 400 g/mol. The Balaban J connectivity index is 1.73. The van der Waals surface area contributed by atoms with Gasteiger partial charge < -0.3 is 14.8 Å². The SMILES string of the molecule is COC(=O)c1cc(NC(=O)CSc2nnc3ccccn23)cc(C(=O)OC)c1. The molecule has 0 saturated heterocycles. The van der Waals surface area contributed by atoms with Gasteiger partial charge in [0.15, 0.2) is 10.8 Å². The molecule has 28 heavy (non-hydrogen) atoms. The number of hydrogen-bond acceptors (Lipinski definition) is 8. The summed E-state index contributed by atoms with van der Waals surface area (Å²) in [7, 11) is 2.45. The first-order chi connectivity index (χ1) is 13.5. The van der Waals surface area contributed by atoms with E-state index in [2.05, 4.69) is 25.0 Å². The minimum Gasteiger partial charge on any atom is -0.465 e. The van der Waals surface area contributed by atoms with E-state index in [4.69, 9.17) is 0 Å². The van der Waals surface area contributed by atoms with Crippen LogP contribution in [0.3, 0.4) is 0 Å². The number of ether oxygens (including phenoxy) is 2. The van der Waals surface area contributed by atoms with Gasteiger partial charge in [0.2, 0.25) is 5.91 Å². The van der Waals surface area contributed by atoms with Gasteiger partial charge in [-0.2, -0.15) is 0 Å². The molecule has 0 aliphatic rings. The van der Waals surface area contributed by atoms with Crippen LogP contribution in [0.1, 0.15) is 20.7 Å². The number of rotatable bonds is 6. The molecule has 10 heteroatoms. The molecule has 2 heterocycles. The van der Waals surface area contributed by atoms with Crippen LogP contribution in [-0.4, -0.2) is 52.4 Å². The van der Waals surface area contributed by atoms with Crippen LogP contribution in [0.4, 0.5) is 5.69 Å². The highest BCUT2D eigenvalue weighted by atomic mass is 32.2. The summed E-state index contributed by atoms with van der Waals surface area (Å²) in [4.78, 5) is 35.9. The van der Waals surface area contributed by atoms with Crippen molar-refractivity contribution in [2.24, 2.45) is 0 Å². The summed E-state index contributed by atoms with van der Waals surface area (Å²) in [6.07, 6.45) is 1.80. The van der Waals surface area contributed by atoms with E-state index < -0.39 is 11.9 Å². The Morgan fingerprint density at radius 2 is 1.71 bits per heavy atom. The van der Waals surface area contributed by atoms with E-state index in [1.54, 1.807) is 10.6 Å². The predicted molar refractivity (Wildman–Crippen MR) is 101 cm³/mol. The Morgan fingerprint density at radius 1 is 1.04 bits per heavy atom. The van der Waals surface area contributed by atoms with Crippen LogP contribution in [0.15, 0.2) is 47.8 Å². The highest BCUT2D eigenvalue weighted by Gasteiger charge is 2.15. The molecule has 1 amide bonds. The standard InChI is InChI=1S/C18H16N4O5S/c1-26-16(24)11-7-12(17(25)27-2)9-13(8-11)19-15(23)10-28-18-21-20-14-5-3-4-6-22(14)18/h3-9H,10H2,1-2H3,(H,19,23). The number of nitrogens with zero attached hydrogens (tertiary/aromatic N) is 3. The average Bonchev–Trinajstić information content (AvgIpc) is 3.14. The van der Waals surface area contributed by atoms with Crippen molar-refractivity contribution in [3.05, 3.63) is 53.7 Å². The van der Waals surface area contributed by atoms with E-state index in [1.165, 1.54) is 44.2 Å². The van der Waals surface area contributed by atoms with Gasteiger partial charge in [0.1, 0.15) is 0 Å². The quantitative estimate of drug-likeness (QED) is 0.494. The molecule has 0 bridgehead atoms. The van der Waals surface area contributed by atoms with Crippen LogP contribution in [0.2, 0.25) is 0 Å². The van der Waals surface area contributed by atoms with Gasteiger partial charge in [-0.3, -0.25) is 9.20 Å². The van der Waals surface area contributed by atoms with E-state index >= 15 is 0 Å². The van der Waals surface area contributed by atoms with E-state index in [0.717, 1.165) is 0 Å². The third-order valence-electron chi connectivity index (χ3n) is 3.67. The number of aromatic nitrogens is 3. The first-order valence-electron chi connectivity index (χ1n) is 8.06. The number of hydrogen-bond donors (Lipinski definition) is 1. The average molecular weight is 400 g/mol. The fourth-order valence-corrected chi connectivity index (χ4v) is 3.14. The zero-order valence-electron chi connectivity index (χ0n) is 15.0. The van der Waals surface area contributed by atoms with E-state index in [9.17, 15) is 14.4 Å². The number of carbonyl (C=O) groups excluding carboxylic acids is 3. The summed E-state index contributed by atoms with van der Waals surface area (Å²) in [6, 6.07) is 9.68. The van der Waals surface area contributed by atoms with Crippen molar-refractivity contribution in [3.8, 4) is 0 Å². The van der Waals surface area contributed by atoms with Crippen molar-refractivity contribution >= 4 is 40.9 Å². The van der Waals surface area contributed by atoms with Crippen molar-refractivity contribution < 1.29 is 23.9 Å². The van der Waals surface area contributed by atoms with Gasteiger partial charge in [-0.15, -0.1) is 10.2 Å². The lowest BCUT2D eigenvalue weighted by Crippen LogP contribution is -2.16. The van der Waals surface area contributed by atoms with Gasteiger partial charge in [0.05, 0.1) is 31.1 Å². The number of methoxy groups -OCH3 is 2. The largest absolute Gasteiger partial charge is 0.465 e.